The van der Waals surface area contributed by atoms with Crippen LogP contribution in [0.15, 0.2) is 36.4 Å². The highest BCUT2D eigenvalue weighted by molar-refractivity contribution is 6.39. The minimum Gasteiger partial charge on any atom is -0.482 e. The third-order valence-corrected chi connectivity index (χ3v) is 7.23. The molecular weight excluding hydrogens is 623 g/mol. The van der Waals surface area contributed by atoms with Crippen LogP contribution < -0.4 is 15.4 Å². The Balaban J connectivity index is 1.72. The summed E-state index contributed by atoms with van der Waals surface area (Å²) >= 11 is 0. The predicted octanol–water partition coefficient (Wildman–Crippen LogP) is 3.85. The first-order valence-electron chi connectivity index (χ1n) is 14.9. The number of allylic oxidation sites excluding steroid dienone is 1. The van der Waals surface area contributed by atoms with Crippen molar-refractivity contribution in [3.8, 4) is 5.75 Å². The van der Waals surface area contributed by atoms with Crippen molar-refractivity contribution in [1.82, 2.24) is 10.2 Å². The van der Waals surface area contributed by atoms with Crippen LogP contribution in [-0.4, -0.2) is 78.4 Å². The van der Waals surface area contributed by atoms with Gasteiger partial charge >= 0.3 is 17.8 Å². The van der Waals surface area contributed by atoms with E-state index in [0.717, 1.165) is 16.5 Å². The van der Waals surface area contributed by atoms with E-state index in [1.807, 2.05) is 32.9 Å². The van der Waals surface area contributed by atoms with Crippen LogP contribution in [0, 0.1) is 23.4 Å². The van der Waals surface area contributed by atoms with E-state index < -0.39 is 83.2 Å². The van der Waals surface area contributed by atoms with Gasteiger partial charge in [-0.05, 0) is 23.5 Å². The van der Waals surface area contributed by atoms with Crippen molar-refractivity contribution >= 4 is 41.2 Å². The number of nitrogens with zero attached hydrogens (tertiary/aromatic N) is 1. The smallest absolute Gasteiger partial charge is 0.313 e. The molecule has 47 heavy (non-hydrogen) atoms. The Morgan fingerprint density at radius 3 is 2.49 bits per heavy atom. The van der Waals surface area contributed by atoms with Crippen molar-refractivity contribution in [2.75, 3.05) is 38.2 Å². The molecule has 1 aliphatic rings. The highest BCUT2D eigenvalue weighted by Gasteiger charge is 2.34. The van der Waals surface area contributed by atoms with Crippen molar-refractivity contribution in [3.63, 3.8) is 0 Å². The summed E-state index contributed by atoms with van der Waals surface area (Å²) < 4.78 is 53.4. The topological polar surface area (TPSA) is 151 Å². The van der Waals surface area contributed by atoms with Crippen LogP contribution in [0.3, 0.4) is 0 Å². The van der Waals surface area contributed by atoms with Gasteiger partial charge in [0.15, 0.2) is 17.3 Å². The molecule has 2 aromatic rings. The molecule has 0 radical (unpaired) electrons. The van der Waals surface area contributed by atoms with E-state index in [0.29, 0.717) is 18.2 Å². The number of benzene rings is 2. The van der Waals surface area contributed by atoms with Crippen LogP contribution in [0.2, 0.25) is 0 Å². The molecule has 14 heteroatoms. The monoisotopic (exact) mass is 661 g/mol. The number of nitrogens with one attached hydrogen (secondary N) is 2. The molecule has 1 aliphatic heterocycles. The second-order valence-corrected chi connectivity index (χ2v) is 11.9. The first kappa shape index (κ1) is 36.7. The van der Waals surface area contributed by atoms with Crippen molar-refractivity contribution in [2.24, 2.45) is 5.92 Å². The summed E-state index contributed by atoms with van der Waals surface area (Å²) in [5, 5.41) is 14.3. The van der Waals surface area contributed by atoms with Gasteiger partial charge in [-0.3, -0.25) is 24.0 Å². The standard InChI is InChI=1S/C33H38F3N3O8/c1-5-6-9-20-22(34)14-23(35)28(36)29(20)47-18-26(40)25(15-27(41)42)38-30(43)19-16-39(12-13-46-17-19)32(45)31(44)37-24-11-8-7-10-21(24)33(2,3)4/h6-11,14,19,25H,5,12-13,15-18H2,1-4H3,(H,37,44)(H,38,43)(H,41,42)/b9-6+/t19-,25-/m0/s1. The molecule has 254 valence electrons. The van der Waals surface area contributed by atoms with E-state index in [9.17, 15) is 42.3 Å². The molecule has 11 nitrogen and oxygen atoms in total. The molecule has 0 bridgehead atoms. The number of halogens is 3. The number of ketones is 1. The Labute approximate surface area is 270 Å². The third kappa shape index (κ3) is 9.88. The van der Waals surface area contributed by atoms with Gasteiger partial charge in [-0.2, -0.15) is 4.39 Å². The summed E-state index contributed by atoms with van der Waals surface area (Å²) in [4.78, 5) is 65.0. The van der Waals surface area contributed by atoms with E-state index in [1.165, 1.54) is 6.08 Å². The fraction of sp³-hybridized carbons (Fsp3) is 0.424. The first-order chi connectivity index (χ1) is 22.1. The summed E-state index contributed by atoms with van der Waals surface area (Å²) in [5.74, 6) is -11.5. The number of anilines is 1. The van der Waals surface area contributed by atoms with Crippen LogP contribution in [0.25, 0.3) is 6.08 Å². The van der Waals surface area contributed by atoms with Gasteiger partial charge in [-0.15, -0.1) is 0 Å². The minimum atomic E-state index is -1.69. The number of rotatable bonds is 11. The van der Waals surface area contributed by atoms with Gasteiger partial charge < -0.3 is 30.1 Å². The van der Waals surface area contributed by atoms with E-state index in [1.54, 1.807) is 19.1 Å². The van der Waals surface area contributed by atoms with Crippen LogP contribution in [0.4, 0.5) is 18.9 Å². The van der Waals surface area contributed by atoms with E-state index in [4.69, 9.17) is 9.47 Å². The zero-order chi connectivity index (χ0) is 34.9. The molecule has 0 aromatic heterocycles. The Morgan fingerprint density at radius 2 is 1.83 bits per heavy atom. The van der Waals surface area contributed by atoms with Crippen LogP contribution in [-0.2, 0) is 34.1 Å². The number of hydrogen-bond donors (Lipinski definition) is 3. The molecule has 1 saturated heterocycles. The van der Waals surface area contributed by atoms with Gasteiger partial charge in [0.2, 0.25) is 11.7 Å². The average molecular weight is 662 g/mol. The molecule has 2 aromatic carbocycles. The van der Waals surface area contributed by atoms with Gasteiger partial charge in [0.25, 0.3) is 0 Å². The molecule has 1 fully saturated rings. The fourth-order valence-corrected chi connectivity index (χ4v) is 4.79. The lowest BCUT2D eigenvalue weighted by molar-refractivity contribution is -0.144. The maximum Gasteiger partial charge on any atom is 0.313 e. The molecule has 3 rings (SSSR count). The van der Waals surface area contributed by atoms with E-state index in [2.05, 4.69) is 10.6 Å². The lowest BCUT2D eigenvalue weighted by atomic mass is 9.86. The number of carboxylic acids is 1. The quantitative estimate of drug-likeness (QED) is 0.243. The second-order valence-electron chi connectivity index (χ2n) is 11.9. The third-order valence-electron chi connectivity index (χ3n) is 7.23. The summed E-state index contributed by atoms with van der Waals surface area (Å²) in [5.41, 5.74) is 0.459. The van der Waals surface area contributed by atoms with E-state index in [-0.39, 0.29) is 31.7 Å². The molecule has 0 aliphatic carbocycles. The number of carbonyl (C=O) groups excluding carboxylic acids is 4. The fourth-order valence-electron chi connectivity index (χ4n) is 4.79. The zero-order valence-electron chi connectivity index (χ0n) is 26.5. The number of carbonyl (C=O) groups is 5. The van der Waals surface area contributed by atoms with Crippen molar-refractivity contribution in [1.29, 1.82) is 0 Å². The van der Waals surface area contributed by atoms with Gasteiger partial charge in [-0.25, -0.2) is 8.78 Å². The molecular formula is C33H38F3N3O8. The number of hydrogen-bond acceptors (Lipinski definition) is 7. The molecule has 2 atom stereocenters. The summed E-state index contributed by atoms with van der Waals surface area (Å²) in [6, 6.07) is 5.65. The summed E-state index contributed by atoms with van der Waals surface area (Å²) in [7, 11) is 0. The number of para-hydroxylation sites is 1. The zero-order valence-corrected chi connectivity index (χ0v) is 26.5. The summed E-state index contributed by atoms with van der Waals surface area (Å²) in [6.45, 7) is 6.01. The molecule has 0 spiro atoms. The maximum atomic E-state index is 14.5. The Bertz CT molecular complexity index is 1540. The SMILES string of the molecule is CC/C=C/c1c(F)cc(F)c(F)c1OCC(=O)[C@H](CC(=O)O)NC(=O)[C@@H]1COCCN(C(=O)C(=O)Nc2ccccc2C(C)(C)C)C1. The van der Waals surface area contributed by atoms with Gasteiger partial charge in [0, 0.05) is 24.8 Å². The van der Waals surface area contributed by atoms with Crippen molar-refractivity contribution < 1.29 is 51.7 Å². The van der Waals surface area contributed by atoms with Crippen molar-refractivity contribution in [2.45, 2.75) is 52.0 Å². The van der Waals surface area contributed by atoms with Crippen LogP contribution in [0.1, 0.15) is 51.7 Å². The van der Waals surface area contributed by atoms with Gasteiger partial charge in [0.05, 0.1) is 31.1 Å². The summed E-state index contributed by atoms with van der Waals surface area (Å²) in [6.07, 6.45) is 2.13. The highest BCUT2D eigenvalue weighted by Crippen LogP contribution is 2.30. The van der Waals surface area contributed by atoms with Crippen LogP contribution in [0.5, 0.6) is 5.75 Å². The first-order valence-corrected chi connectivity index (χ1v) is 14.9. The largest absolute Gasteiger partial charge is 0.482 e. The molecule has 1 heterocycles. The molecule has 3 amide bonds. The predicted molar refractivity (Wildman–Crippen MR) is 165 cm³/mol. The Kier molecular flexibility index (Phi) is 12.7. The molecule has 0 saturated carbocycles. The van der Waals surface area contributed by atoms with Crippen molar-refractivity contribution in [3.05, 3.63) is 65.0 Å². The maximum absolute atomic E-state index is 14.5. The highest BCUT2D eigenvalue weighted by atomic mass is 19.2. The average Bonchev–Trinajstić information content (AvgIpc) is 3.27. The molecule has 3 N–H and O–H groups in total. The van der Waals surface area contributed by atoms with Gasteiger partial charge in [0.1, 0.15) is 18.5 Å². The number of aliphatic carboxylic acids is 1. The normalized spacial score (nSPS) is 15.9. The van der Waals surface area contributed by atoms with E-state index >= 15 is 0 Å². The lowest BCUT2D eigenvalue weighted by Crippen LogP contribution is -2.50. The number of carboxylic acid groups (broad SMARTS) is 1. The van der Waals surface area contributed by atoms with Gasteiger partial charge in [-0.1, -0.05) is 58.0 Å². The second kappa shape index (κ2) is 16.2. The van der Waals surface area contributed by atoms with Crippen LogP contribution >= 0.6 is 0 Å². The molecule has 0 unspecified atom stereocenters. The Morgan fingerprint density at radius 1 is 1.13 bits per heavy atom. The lowest BCUT2D eigenvalue weighted by Gasteiger charge is -2.25. The number of Topliss-reactive ketones (excluding diaryl/α,β-unsaturated/α-hetero) is 1. The minimum absolute atomic E-state index is 0.00271. The number of ether oxygens (including phenoxy) is 2. The Hall–Kier alpha value is -4.72. The number of amides is 3.